The zero-order chi connectivity index (χ0) is 19.1. The number of rotatable bonds is 3. The minimum Gasteiger partial charge on any atom is -0.462 e. The molecule has 5 atom stereocenters. The first-order valence-corrected chi connectivity index (χ1v) is 8.28. The van der Waals surface area contributed by atoms with Gasteiger partial charge in [0.15, 0.2) is 16.8 Å². The van der Waals surface area contributed by atoms with Gasteiger partial charge in [0, 0.05) is 12.1 Å². The lowest BCUT2D eigenvalue weighted by Crippen LogP contribution is -2.60. The van der Waals surface area contributed by atoms with E-state index >= 15 is 0 Å². The topological polar surface area (TPSA) is 142 Å². The van der Waals surface area contributed by atoms with Crippen LogP contribution in [0.2, 0.25) is 0 Å². The first-order chi connectivity index (χ1) is 13.0. The van der Waals surface area contributed by atoms with Crippen LogP contribution in [0.5, 0.6) is 5.75 Å². The van der Waals surface area contributed by atoms with E-state index in [1.54, 1.807) is 18.2 Å². The number of fused-ring (bicyclic) bond motifs is 2. The van der Waals surface area contributed by atoms with Gasteiger partial charge in [0.25, 0.3) is 0 Å². The Kier molecular flexibility index (Phi) is 4.54. The maximum Gasteiger partial charge on any atom is 0.229 e. The molecule has 1 aliphatic carbocycles. The Hall–Kier alpha value is -2.56. The molecule has 4 rings (SSSR count). The summed E-state index contributed by atoms with van der Waals surface area (Å²) in [5, 5.41) is 38.9. The van der Waals surface area contributed by atoms with E-state index in [-0.39, 0.29) is 11.2 Å². The van der Waals surface area contributed by atoms with E-state index in [1.807, 2.05) is 0 Å². The number of aliphatic hydroxyl groups is 4. The quantitative estimate of drug-likeness (QED) is 0.444. The van der Waals surface area contributed by atoms with Gasteiger partial charge in [-0.3, -0.25) is 4.79 Å². The number of aliphatic hydroxyl groups excluding tert-OH is 4. The summed E-state index contributed by atoms with van der Waals surface area (Å²) in [6, 6.07) is 8.99. The molecule has 0 amide bonds. The van der Waals surface area contributed by atoms with Crippen molar-refractivity contribution < 1.29 is 34.3 Å². The van der Waals surface area contributed by atoms with Crippen molar-refractivity contribution in [1.29, 1.82) is 0 Å². The maximum atomic E-state index is 11.5. The van der Waals surface area contributed by atoms with Crippen molar-refractivity contribution in [2.75, 3.05) is 6.61 Å². The average Bonchev–Trinajstić information content (AvgIpc) is 2.66. The van der Waals surface area contributed by atoms with Gasteiger partial charge in [0.05, 0.1) is 6.61 Å². The summed E-state index contributed by atoms with van der Waals surface area (Å²) in [5.74, 6) is 0.565. The molecule has 0 spiro atoms. The van der Waals surface area contributed by atoms with Crippen molar-refractivity contribution in [1.82, 2.24) is 4.98 Å². The van der Waals surface area contributed by atoms with Crippen molar-refractivity contribution in [2.45, 2.75) is 30.7 Å². The summed E-state index contributed by atoms with van der Waals surface area (Å²) < 4.78 is 16.6. The molecule has 0 saturated carbocycles. The number of hydrogen-bond donors (Lipinski definition) is 4. The van der Waals surface area contributed by atoms with Gasteiger partial charge in [-0.2, -0.15) is 0 Å². The van der Waals surface area contributed by atoms with E-state index in [2.05, 4.69) is 4.98 Å². The third kappa shape index (κ3) is 3.27. The van der Waals surface area contributed by atoms with E-state index < -0.39 is 37.3 Å². The lowest BCUT2D eigenvalue weighted by molar-refractivity contribution is -0.277. The van der Waals surface area contributed by atoms with Crippen LogP contribution in [0.1, 0.15) is 0 Å². The average molecular weight is 375 g/mol. The van der Waals surface area contributed by atoms with Gasteiger partial charge in [-0.05, 0) is 24.3 Å². The number of nitrogens with zero attached hydrogens (tertiary/aromatic N) is 1. The van der Waals surface area contributed by atoms with E-state index in [9.17, 15) is 25.2 Å². The van der Waals surface area contributed by atoms with Crippen LogP contribution < -0.4 is 10.2 Å². The normalized spacial score (nSPS) is 28.5. The summed E-state index contributed by atoms with van der Waals surface area (Å²) in [4.78, 5) is 15.9. The van der Waals surface area contributed by atoms with Crippen molar-refractivity contribution in [3.05, 3.63) is 46.6 Å². The van der Waals surface area contributed by atoms with Gasteiger partial charge in [-0.15, -0.1) is 0 Å². The summed E-state index contributed by atoms with van der Waals surface area (Å²) in [5.41, 5.74) is 1.20. The van der Waals surface area contributed by atoms with Gasteiger partial charge >= 0.3 is 0 Å². The van der Waals surface area contributed by atoms with E-state index in [0.29, 0.717) is 22.6 Å². The fourth-order valence-electron chi connectivity index (χ4n) is 2.96. The smallest absolute Gasteiger partial charge is 0.229 e. The van der Waals surface area contributed by atoms with Gasteiger partial charge in [0.2, 0.25) is 6.29 Å². The van der Waals surface area contributed by atoms with Gasteiger partial charge in [-0.25, -0.2) is 4.98 Å². The highest BCUT2D eigenvalue weighted by atomic mass is 16.7. The number of ether oxygens (including phenoxy) is 2. The second-order valence-electron chi connectivity index (χ2n) is 6.29. The molecule has 3 aliphatic rings. The first kappa shape index (κ1) is 17.8. The predicted octanol–water partition coefficient (Wildman–Crippen LogP) is -0.529. The molecular weight excluding hydrogens is 358 g/mol. The molecule has 1 aromatic rings. The SMILES string of the molecule is O=c1ccc2nc3ccc(OC4OC(CO)C(O)C(O)C4O)cc3oc-2c1. The molecular formula is C18H17NO8. The molecule has 0 aromatic heterocycles. The Balaban J connectivity index is 1.65. The Morgan fingerprint density at radius 3 is 2.63 bits per heavy atom. The molecule has 0 bridgehead atoms. The Morgan fingerprint density at radius 1 is 1.04 bits per heavy atom. The van der Waals surface area contributed by atoms with Crippen LogP contribution in [0, 0.1) is 0 Å². The monoisotopic (exact) mass is 375 g/mol. The van der Waals surface area contributed by atoms with Gasteiger partial charge in [-0.1, -0.05) is 0 Å². The molecule has 5 unspecified atom stereocenters. The lowest BCUT2D eigenvalue weighted by Gasteiger charge is -2.39. The second-order valence-corrected chi connectivity index (χ2v) is 6.29. The summed E-state index contributed by atoms with van der Waals surface area (Å²) >= 11 is 0. The summed E-state index contributed by atoms with van der Waals surface area (Å²) in [6.07, 6.45) is -6.90. The van der Waals surface area contributed by atoms with E-state index in [4.69, 9.17) is 13.9 Å². The molecule has 9 heteroatoms. The highest BCUT2D eigenvalue weighted by molar-refractivity contribution is 5.77. The van der Waals surface area contributed by atoms with Crippen LogP contribution >= 0.6 is 0 Å². The number of benzene rings is 2. The molecule has 27 heavy (non-hydrogen) atoms. The summed E-state index contributed by atoms with van der Waals surface area (Å²) in [6.45, 7) is -0.550. The van der Waals surface area contributed by atoms with Crippen molar-refractivity contribution in [3.8, 4) is 17.2 Å². The first-order valence-electron chi connectivity index (χ1n) is 8.28. The Bertz CT molecular complexity index is 987. The molecule has 0 radical (unpaired) electrons. The third-order valence-electron chi connectivity index (χ3n) is 4.42. The fraction of sp³-hybridized carbons (Fsp3) is 0.333. The molecule has 1 saturated heterocycles. The zero-order valence-electron chi connectivity index (χ0n) is 13.9. The van der Waals surface area contributed by atoms with Gasteiger partial charge < -0.3 is 34.3 Å². The van der Waals surface area contributed by atoms with Crippen LogP contribution in [0.4, 0.5) is 0 Å². The molecule has 1 fully saturated rings. The summed E-state index contributed by atoms with van der Waals surface area (Å²) in [7, 11) is 0. The lowest BCUT2D eigenvalue weighted by atomic mass is 9.99. The molecule has 142 valence electrons. The standard InChI is InChI=1S/C18H17NO8/c20-7-14-15(22)16(23)17(24)18(27-14)25-9-2-4-11-13(6-9)26-12-5-8(21)1-3-10(12)19-11/h1-6,14-18,20,22-24H,7H2. The molecule has 4 N–H and O–H groups in total. The van der Waals surface area contributed by atoms with Crippen molar-refractivity contribution in [2.24, 2.45) is 0 Å². The molecule has 2 heterocycles. The van der Waals surface area contributed by atoms with Crippen LogP contribution in [0.3, 0.4) is 0 Å². The largest absolute Gasteiger partial charge is 0.462 e. The van der Waals surface area contributed by atoms with E-state index in [0.717, 1.165) is 0 Å². The van der Waals surface area contributed by atoms with E-state index in [1.165, 1.54) is 18.2 Å². The van der Waals surface area contributed by atoms with Crippen LogP contribution in [-0.4, -0.2) is 62.7 Å². The second kappa shape index (κ2) is 6.87. The number of aromatic nitrogens is 1. The third-order valence-corrected chi connectivity index (χ3v) is 4.42. The molecule has 1 aromatic carbocycles. The zero-order valence-corrected chi connectivity index (χ0v) is 13.9. The van der Waals surface area contributed by atoms with Crippen molar-refractivity contribution >= 4 is 11.1 Å². The van der Waals surface area contributed by atoms with Crippen molar-refractivity contribution in [3.63, 3.8) is 0 Å². The Labute approximate surface area is 152 Å². The highest BCUT2D eigenvalue weighted by Gasteiger charge is 2.44. The van der Waals surface area contributed by atoms with Crippen LogP contribution in [0.15, 0.2) is 45.6 Å². The minimum atomic E-state index is -1.54. The minimum absolute atomic E-state index is 0.207. The Morgan fingerprint density at radius 2 is 1.85 bits per heavy atom. The maximum absolute atomic E-state index is 11.5. The van der Waals surface area contributed by atoms with Gasteiger partial charge in [0.1, 0.15) is 41.4 Å². The highest BCUT2D eigenvalue weighted by Crippen LogP contribution is 2.29. The fourth-order valence-corrected chi connectivity index (χ4v) is 2.96. The predicted molar refractivity (Wildman–Crippen MR) is 91.3 cm³/mol. The molecule has 9 nitrogen and oxygen atoms in total. The van der Waals surface area contributed by atoms with Crippen LogP contribution in [-0.2, 0) is 4.74 Å². The number of hydrogen-bond acceptors (Lipinski definition) is 9. The molecule has 2 aliphatic heterocycles. The van der Waals surface area contributed by atoms with Crippen LogP contribution in [0.25, 0.3) is 22.6 Å².